The summed E-state index contributed by atoms with van der Waals surface area (Å²) in [6.07, 6.45) is 7.65. The molecule has 1 saturated heterocycles. The number of ether oxygens (including phenoxy) is 2. The third-order valence-electron chi connectivity index (χ3n) is 10.1. The third-order valence-corrected chi connectivity index (χ3v) is 10.1. The number of hydrogen-bond acceptors (Lipinski definition) is 6. The van der Waals surface area contributed by atoms with Gasteiger partial charge in [0.25, 0.3) is 0 Å². The summed E-state index contributed by atoms with van der Waals surface area (Å²) < 4.78 is 11.2. The Bertz CT molecular complexity index is 948. The summed E-state index contributed by atoms with van der Waals surface area (Å²) in [5, 5.41) is 10.3. The summed E-state index contributed by atoms with van der Waals surface area (Å²) in [6.45, 7) is 4.36. The minimum Gasteiger partial charge on any atom is -0.469 e. The van der Waals surface area contributed by atoms with Crippen molar-refractivity contribution >= 4 is 17.7 Å². The topological polar surface area (TPSA) is 93.5 Å². The fourth-order valence-electron chi connectivity index (χ4n) is 8.27. The lowest BCUT2D eigenvalue weighted by atomic mass is 9.41. The second-order valence-corrected chi connectivity index (χ2v) is 11.0. The molecule has 0 amide bonds. The highest BCUT2D eigenvalue weighted by Crippen LogP contribution is 2.71. The molecule has 4 fully saturated rings. The lowest BCUT2D eigenvalue weighted by molar-refractivity contribution is -0.167. The molecule has 4 aliphatic carbocycles. The summed E-state index contributed by atoms with van der Waals surface area (Å²) in [7, 11) is 1.40. The maximum absolute atomic E-state index is 13.1. The van der Waals surface area contributed by atoms with Crippen molar-refractivity contribution in [3.05, 3.63) is 11.6 Å². The Balaban J connectivity index is 1.65. The highest BCUT2D eigenvalue weighted by Gasteiger charge is 2.70. The molecule has 1 aliphatic heterocycles. The third kappa shape index (κ3) is 2.41. The molecular formula is C25H31NO5. The predicted molar refractivity (Wildman–Crippen MR) is 110 cm³/mol. The van der Waals surface area contributed by atoms with Crippen LogP contribution in [0.15, 0.2) is 11.6 Å². The van der Waals surface area contributed by atoms with Crippen molar-refractivity contribution in [3.63, 3.8) is 0 Å². The quantitative estimate of drug-likeness (QED) is 0.467. The van der Waals surface area contributed by atoms with Crippen LogP contribution in [0, 0.1) is 45.3 Å². The molecule has 5 aliphatic rings. The van der Waals surface area contributed by atoms with Gasteiger partial charge in [-0.15, -0.1) is 0 Å². The average molecular weight is 426 g/mol. The molecule has 0 aromatic carbocycles. The van der Waals surface area contributed by atoms with Crippen molar-refractivity contribution in [3.8, 4) is 6.07 Å². The molecule has 6 heteroatoms. The van der Waals surface area contributed by atoms with Gasteiger partial charge in [0.1, 0.15) is 11.4 Å². The molecule has 5 rings (SSSR count). The van der Waals surface area contributed by atoms with Gasteiger partial charge in [-0.1, -0.05) is 25.5 Å². The molecule has 166 valence electrons. The molecule has 1 heterocycles. The molecule has 31 heavy (non-hydrogen) atoms. The Morgan fingerprint density at radius 1 is 1.23 bits per heavy atom. The zero-order valence-electron chi connectivity index (χ0n) is 18.7. The fourth-order valence-corrected chi connectivity index (χ4v) is 8.27. The zero-order valence-corrected chi connectivity index (χ0v) is 18.7. The summed E-state index contributed by atoms with van der Waals surface area (Å²) >= 11 is 0. The summed E-state index contributed by atoms with van der Waals surface area (Å²) in [5.41, 5.74) is -0.800. The van der Waals surface area contributed by atoms with Crippen LogP contribution in [-0.2, 0) is 23.9 Å². The molecule has 1 spiro atoms. The molecule has 2 unspecified atom stereocenters. The number of Topliss-reactive ketones (excluding diaryl/α,β-unsaturated/α-hetero) is 1. The van der Waals surface area contributed by atoms with Crippen LogP contribution in [0.5, 0.6) is 0 Å². The van der Waals surface area contributed by atoms with E-state index in [1.165, 1.54) is 12.7 Å². The van der Waals surface area contributed by atoms with Gasteiger partial charge in [0, 0.05) is 30.1 Å². The first-order valence-electron chi connectivity index (χ1n) is 11.6. The fraction of sp³-hybridized carbons (Fsp3) is 0.760. The van der Waals surface area contributed by atoms with Gasteiger partial charge in [0.2, 0.25) is 0 Å². The maximum atomic E-state index is 13.1. The molecule has 0 bridgehead atoms. The van der Waals surface area contributed by atoms with Crippen molar-refractivity contribution in [1.82, 2.24) is 0 Å². The standard InChI is InChI=1S/C25H31NO5/c1-22-8-4-15(27)12-24(22,14-26)13-16(21(29)30-3)20-17(22)5-9-23(2)18(20)6-10-25(23)11-7-19(28)31-25/h5,16,18,20H,4,6-13H2,1-3H3/t16-,18?,20?,22-,23+,24+,25-/m1/s1. The van der Waals surface area contributed by atoms with E-state index in [0.717, 1.165) is 25.7 Å². The smallest absolute Gasteiger partial charge is 0.309 e. The number of nitriles is 1. The minimum atomic E-state index is -0.868. The van der Waals surface area contributed by atoms with Crippen molar-refractivity contribution in [1.29, 1.82) is 5.26 Å². The number of hydrogen-bond donors (Lipinski definition) is 0. The maximum Gasteiger partial charge on any atom is 0.309 e. The number of rotatable bonds is 1. The Labute approximate surface area is 183 Å². The molecule has 3 saturated carbocycles. The average Bonchev–Trinajstić information content (AvgIpc) is 3.27. The van der Waals surface area contributed by atoms with Gasteiger partial charge in [-0.05, 0) is 50.4 Å². The lowest BCUT2D eigenvalue weighted by Gasteiger charge is -2.61. The molecule has 0 N–H and O–H groups in total. The normalized spacial score (nSPS) is 48.2. The zero-order chi connectivity index (χ0) is 22.2. The van der Waals surface area contributed by atoms with Gasteiger partial charge < -0.3 is 9.47 Å². The van der Waals surface area contributed by atoms with Crippen LogP contribution in [0.25, 0.3) is 0 Å². The van der Waals surface area contributed by atoms with Gasteiger partial charge in [-0.3, -0.25) is 14.4 Å². The van der Waals surface area contributed by atoms with E-state index in [-0.39, 0.29) is 41.4 Å². The Kier molecular flexibility index (Phi) is 4.30. The number of carbonyl (C=O) groups excluding carboxylic acids is 3. The molecule has 0 radical (unpaired) electrons. The van der Waals surface area contributed by atoms with E-state index in [2.05, 4.69) is 26.0 Å². The second-order valence-electron chi connectivity index (χ2n) is 11.0. The van der Waals surface area contributed by atoms with Crippen LogP contribution < -0.4 is 0 Å². The van der Waals surface area contributed by atoms with E-state index >= 15 is 0 Å². The highest BCUT2D eigenvalue weighted by molar-refractivity contribution is 5.82. The van der Waals surface area contributed by atoms with Crippen LogP contribution in [0.4, 0.5) is 0 Å². The van der Waals surface area contributed by atoms with E-state index in [1.54, 1.807) is 0 Å². The van der Waals surface area contributed by atoms with Crippen molar-refractivity contribution in [2.75, 3.05) is 7.11 Å². The lowest BCUT2D eigenvalue weighted by Crippen LogP contribution is -2.59. The largest absolute Gasteiger partial charge is 0.469 e. The predicted octanol–water partition coefficient (Wildman–Crippen LogP) is 3.89. The van der Waals surface area contributed by atoms with E-state index in [0.29, 0.717) is 25.7 Å². The molecule has 0 aromatic heterocycles. The number of ketones is 1. The van der Waals surface area contributed by atoms with Crippen molar-refractivity contribution < 1.29 is 23.9 Å². The number of fused-ring (bicyclic) bond motifs is 6. The Morgan fingerprint density at radius 3 is 2.65 bits per heavy atom. The molecule has 6 nitrogen and oxygen atoms in total. The van der Waals surface area contributed by atoms with Crippen LogP contribution in [-0.4, -0.2) is 30.4 Å². The number of nitrogens with zero attached hydrogens (tertiary/aromatic N) is 1. The first-order chi connectivity index (χ1) is 14.7. The van der Waals surface area contributed by atoms with Crippen LogP contribution >= 0.6 is 0 Å². The minimum absolute atomic E-state index is 0.0374. The van der Waals surface area contributed by atoms with Gasteiger partial charge in [0.05, 0.1) is 24.5 Å². The van der Waals surface area contributed by atoms with Gasteiger partial charge >= 0.3 is 11.9 Å². The number of methoxy groups -OCH3 is 1. The first kappa shape index (κ1) is 20.7. The van der Waals surface area contributed by atoms with E-state index in [9.17, 15) is 19.6 Å². The number of esters is 2. The first-order valence-corrected chi connectivity index (χ1v) is 11.6. The van der Waals surface area contributed by atoms with Crippen LogP contribution in [0.2, 0.25) is 0 Å². The Hall–Kier alpha value is -2.16. The van der Waals surface area contributed by atoms with E-state index < -0.39 is 22.3 Å². The number of carbonyl (C=O) groups is 3. The molecule has 0 aromatic rings. The monoisotopic (exact) mass is 425 g/mol. The van der Waals surface area contributed by atoms with E-state index in [1.807, 2.05) is 0 Å². The summed E-state index contributed by atoms with van der Waals surface area (Å²) in [4.78, 5) is 37.6. The van der Waals surface area contributed by atoms with Crippen molar-refractivity contribution in [2.45, 2.75) is 77.2 Å². The molecular weight excluding hydrogens is 394 g/mol. The van der Waals surface area contributed by atoms with Gasteiger partial charge in [-0.2, -0.15) is 5.26 Å². The Morgan fingerprint density at radius 2 is 2.00 bits per heavy atom. The van der Waals surface area contributed by atoms with Crippen LogP contribution in [0.1, 0.15) is 71.6 Å². The van der Waals surface area contributed by atoms with Gasteiger partial charge in [-0.25, -0.2) is 0 Å². The van der Waals surface area contributed by atoms with Gasteiger partial charge in [0.15, 0.2) is 0 Å². The van der Waals surface area contributed by atoms with Crippen molar-refractivity contribution in [2.24, 2.45) is 34.0 Å². The molecule has 7 atom stereocenters. The second kappa shape index (κ2) is 6.43. The van der Waals surface area contributed by atoms with Crippen LogP contribution in [0.3, 0.4) is 0 Å². The van der Waals surface area contributed by atoms with E-state index in [4.69, 9.17) is 9.47 Å². The number of allylic oxidation sites excluding steroid dienone is 2. The SMILES string of the molecule is COC(=O)[C@@H]1C[C@]2(C#N)CC(=O)CC[C@]2(C)C2=CC[C@@]3(C)C(CC[C@@]34CCC(=O)O4)C21. The summed E-state index contributed by atoms with van der Waals surface area (Å²) in [5.74, 6) is -0.602. The summed E-state index contributed by atoms with van der Waals surface area (Å²) in [6, 6.07) is 2.52. The highest BCUT2D eigenvalue weighted by atomic mass is 16.6.